The summed E-state index contributed by atoms with van der Waals surface area (Å²) in [4.78, 5) is 20.8. The summed E-state index contributed by atoms with van der Waals surface area (Å²) in [7, 11) is 0.778. The third-order valence-electron chi connectivity index (χ3n) is 3.63. The summed E-state index contributed by atoms with van der Waals surface area (Å²) in [6.45, 7) is 0. The summed E-state index contributed by atoms with van der Waals surface area (Å²) in [5.74, 6) is -3.23. The molecule has 0 fully saturated rings. The summed E-state index contributed by atoms with van der Waals surface area (Å²) in [6, 6.07) is 6.18. The zero-order valence-corrected chi connectivity index (χ0v) is 18.8. The van der Waals surface area contributed by atoms with Crippen LogP contribution in [0.15, 0.2) is 36.4 Å². The third kappa shape index (κ3) is 9.47. The van der Waals surface area contributed by atoms with E-state index in [1.54, 1.807) is 0 Å². The van der Waals surface area contributed by atoms with Crippen LogP contribution in [-0.4, -0.2) is 64.2 Å². The van der Waals surface area contributed by atoms with E-state index in [0.29, 0.717) is 11.1 Å². The van der Waals surface area contributed by atoms with Gasteiger partial charge in [0.2, 0.25) is 0 Å². The van der Waals surface area contributed by atoms with E-state index in [9.17, 15) is 9.59 Å². The zero-order valence-electron chi connectivity index (χ0n) is 16.1. The smallest absolute Gasteiger partial charge is 0.320 e. The second-order valence-electron chi connectivity index (χ2n) is 5.94. The fourth-order valence-corrected chi connectivity index (χ4v) is 2.07. The predicted molar refractivity (Wildman–Crippen MR) is 114 cm³/mol. The van der Waals surface area contributed by atoms with E-state index in [1.165, 1.54) is 36.4 Å². The number of aromatic hydroxyl groups is 4. The molecule has 2 aromatic carbocycles. The molecule has 166 valence electrons. The van der Waals surface area contributed by atoms with E-state index < -0.39 is 24.0 Å². The lowest BCUT2D eigenvalue weighted by Gasteiger charge is -2.06. The Hall–Kier alpha value is -2.99. The number of phenols is 4. The highest BCUT2D eigenvalue weighted by atomic mass is 35.6. The van der Waals surface area contributed by atoms with Gasteiger partial charge in [0.25, 0.3) is 0 Å². The van der Waals surface area contributed by atoms with E-state index in [1.807, 2.05) is 0 Å². The lowest BCUT2D eigenvalue weighted by molar-refractivity contribution is -0.139. The maximum absolute atomic E-state index is 10.4. The van der Waals surface area contributed by atoms with Gasteiger partial charge in [-0.15, -0.1) is 0 Å². The average molecular weight is 461 g/mol. The number of carbonyl (C=O) groups is 2. The van der Waals surface area contributed by atoms with Crippen molar-refractivity contribution in [2.75, 3.05) is 0 Å². The Morgan fingerprint density at radius 1 is 0.733 bits per heavy atom. The van der Waals surface area contributed by atoms with Crippen molar-refractivity contribution in [3.63, 3.8) is 0 Å². The summed E-state index contributed by atoms with van der Waals surface area (Å²) in [5.41, 5.74) is 11.7. The Bertz CT molecular complexity index is 783. The predicted octanol–water partition coefficient (Wildman–Crippen LogP) is -0.390. The highest BCUT2D eigenvalue weighted by molar-refractivity contribution is 6.80. The third-order valence-corrected chi connectivity index (χ3v) is 3.63. The molecule has 0 bridgehead atoms. The molecule has 12 heteroatoms. The van der Waals surface area contributed by atoms with Crippen LogP contribution in [0, 0.1) is 0 Å². The van der Waals surface area contributed by atoms with Crippen LogP contribution < -0.4 is 11.5 Å². The largest absolute Gasteiger partial charge is 0.504 e. The summed E-state index contributed by atoms with van der Waals surface area (Å²) in [6.07, 6.45) is 0.229. The van der Waals surface area contributed by atoms with Gasteiger partial charge in [-0.2, -0.15) is 11.1 Å². The minimum Gasteiger partial charge on any atom is -0.504 e. The van der Waals surface area contributed by atoms with Crippen molar-refractivity contribution in [1.82, 2.24) is 0 Å². The van der Waals surface area contributed by atoms with Gasteiger partial charge >= 0.3 is 11.9 Å². The Morgan fingerprint density at radius 3 is 1.27 bits per heavy atom. The maximum atomic E-state index is 10.4. The first kappa shape index (κ1) is 27.0. The molecule has 0 amide bonds. The lowest BCUT2D eigenvalue weighted by atomic mass is 10.1. The number of carboxylic acid groups (broad SMARTS) is 2. The number of carboxylic acids is 2. The highest BCUT2D eigenvalue weighted by Gasteiger charge is 2.13. The molecule has 10 nitrogen and oxygen atoms in total. The molecule has 0 saturated carbocycles. The van der Waals surface area contributed by atoms with Gasteiger partial charge in [0.05, 0.1) is 0 Å². The van der Waals surface area contributed by atoms with Gasteiger partial charge in [0.15, 0.2) is 23.0 Å². The van der Waals surface area contributed by atoms with Crippen molar-refractivity contribution in [3.8, 4) is 23.0 Å². The fourth-order valence-electron chi connectivity index (χ4n) is 2.07. The minimum absolute atomic E-state index is 0.114. The van der Waals surface area contributed by atoms with Crippen LogP contribution in [0.2, 0.25) is 0 Å². The molecule has 0 aromatic heterocycles. The number of hydrogen-bond acceptors (Lipinski definition) is 8. The van der Waals surface area contributed by atoms with Gasteiger partial charge in [0, 0.05) is 0 Å². The van der Waals surface area contributed by atoms with E-state index in [2.05, 4.69) is 0 Å². The Kier molecular flexibility index (Phi) is 11.9. The molecule has 0 saturated heterocycles. The molecular weight excluding hydrogens is 436 g/mol. The van der Waals surface area contributed by atoms with Crippen molar-refractivity contribution in [2.24, 2.45) is 11.5 Å². The molecule has 2 aromatic rings. The molecule has 0 aliphatic heterocycles. The van der Waals surface area contributed by atoms with Crippen molar-refractivity contribution < 1.29 is 40.2 Å². The fraction of sp³-hybridized carbons (Fsp3) is 0.222. The van der Waals surface area contributed by atoms with E-state index >= 15 is 0 Å². The van der Waals surface area contributed by atoms with Gasteiger partial charge in [-0.1, -0.05) is 12.1 Å². The van der Waals surface area contributed by atoms with Gasteiger partial charge in [-0.3, -0.25) is 9.59 Å². The lowest BCUT2D eigenvalue weighted by Crippen LogP contribution is -2.32. The Morgan fingerprint density at radius 2 is 1.03 bits per heavy atom. The normalized spacial score (nSPS) is 11.8. The van der Waals surface area contributed by atoms with Gasteiger partial charge in [0.1, 0.15) is 21.6 Å². The van der Waals surface area contributed by atoms with Gasteiger partial charge in [-0.05, 0) is 48.2 Å². The summed E-state index contributed by atoms with van der Waals surface area (Å²) >= 11 is 4.78. The van der Waals surface area contributed by atoms with E-state index in [-0.39, 0.29) is 35.8 Å². The van der Waals surface area contributed by atoms with Gasteiger partial charge in [-0.25, -0.2) is 0 Å². The van der Waals surface area contributed by atoms with E-state index in [0.717, 1.165) is 9.55 Å². The molecule has 30 heavy (non-hydrogen) atoms. The number of phenolic OH excluding ortho intramolecular Hbond substituents is 4. The first-order valence-electron chi connectivity index (χ1n) is 8.37. The topological polar surface area (TPSA) is 208 Å². The average Bonchev–Trinajstić information content (AvgIpc) is 2.69. The van der Waals surface area contributed by atoms with Gasteiger partial charge < -0.3 is 42.1 Å². The number of benzene rings is 2. The minimum atomic E-state index is -1.10. The van der Waals surface area contributed by atoms with Crippen LogP contribution in [0.25, 0.3) is 0 Å². The number of aliphatic carboxylic acids is 2. The van der Waals surface area contributed by atoms with Crippen molar-refractivity contribution in [2.45, 2.75) is 24.9 Å². The number of hydrogen-bond donors (Lipinski definition) is 8. The molecule has 0 aliphatic carbocycles. The van der Waals surface area contributed by atoms with Crippen molar-refractivity contribution in [1.29, 1.82) is 0 Å². The molecule has 10 N–H and O–H groups in total. The summed E-state index contributed by atoms with van der Waals surface area (Å²) < 4.78 is 0. The standard InChI is InChI=1S/2C9H11NO4.ClH3Si/c2*10-6(9(13)14)3-5-1-2-7(11)8(12)4-5;1-2/h2*1-2,4,6,11-12H,3,10H2,(H,13,14);2H3. The molecule has 2 atom stereocenters. The van der Waals surface area contributed by atoms with Crippen LogP contribution in [-0.2, 0) is 22.4 Å². The highest BCUT2D eigenvalue weighted by Crippen LogP contribution is 2.26. The van der Waals surface area contributed by atoms with Crippen LogP contribution in [0.1, 0.15) is 11.1 Å². The van der Waals surface area contributed by atoms with Crippen molar-refractivity contribution in [3.05, 3.63) is 47.5 Å². The molecule has 0 spiro atoms. The molecule has 2 rings (SSSR count). The molecule has 2 unspecified atom stereocenters. The molecule has 0 radical (unpaired) electrons. The number of rotatable bonds is 6. The van der Waals surface area contributed by atoms with Crippen molar-refractivity contribution >= 4 is 32.6 Å². The Balaban J connectivity index is 0.000000518. The van der Waals surface area contributed by atoms with Crippen LogP contribution >= 0.6 is 11.1 Å². The number of halogens is 1. The van der Waals surface area contributed by atoms with Crippen LogP contribution in [0.5, 0.6) is 23.0 Å². The first-order chi connectivity index (χ1) is 14.0. The first-order valence-corrected chi connectivity index (χ1v) is 11.4. The SMILES string of the molecule is NC(Cc1ccc(O)c(O)c1)C(=O)O.NC(Cc1ccc(O)c(O)c1)C(=O)O.[SiH3]Cl. The number of nitrogens with two attached hydrogens (primary N) is 2. The Labute approximate surface area is 180 Å². The molecular formula is C18H25ClN2O8Si. The van der Waals surface area contributed by atoms with Crippen LogP contribution in [0.3, 0.4) is 0 Å². The molecule has 0 aliphatic rings. The second kappa shape index (κ2) is 13.3. The molecule has 0 heterocycles. The quantitative estimate of drug-likeness (QED) is 0.159. The summed E-state index contributed by atoms with van der Waals surface area (Å²) in [5, 5.41) is 53.3. The monoisotopic (exact) mass is 460 g/mol. The second-order valence-corrected chi connectivity index (χ2v) is 5.94. The van der Waals surface area contributed by atoms with Crippen LogP contribution in [0.4, 0.5) is 0 Å². The zero-order chi connectivity index (χ0) is 23.4. The van der Waals surface area contributed by atoms with E-state index in [4.69, 9.17) is 53.2 Å². The maximum Gasteiger partial charge on any atom is 0.320 e.